The Hall–Kier alpha value is -1.59. The van der Waals surface area contributed by atoms with Crippen LogP contribution in [0.2, 0.25) is 0 Å². The van der Waals surface area contributed by atoms with E-state index in [0.717, 1.165) is 11.3 Å². The number of rotatable bonds is 7. The molecule has 5 heteroatoms. The van der Waals surface area contributed by atoms with Gasteiger partial charge in [0.25, 0.3) is 0 Å². The normalized spacial score (nSPS) is 15.0. The molecule has 1 aliphatic rings. The number of para-hydroxylation sites is 1. The Morgan fingerprint density at radius 3 is 2.86 bits per heavy atom. The molecule has 1 N–H and O–H groups in total. The monoisotopic (exact) mass is 292 g/mol. The molecule has 2 rings (SSSR count). The number of amides is 1. The summed E-state index contributed by atoms with van der Waals surface area (Å²) in [5.41, 5.74) is 1.12. The van der Waals surface area contributed by atoms with Gasteiger partial charge in [0.15, 0.2) is 0 Å². The first-order valence-corrected chi connectivity index (χ1v) is 7.58. The number of hydrogen-bond donors (Lipinski definition) is 1. The largest absolute Gasteiger partial charge is 0.494 e. The molecule has 1 heterocycles. The second kappa shape index (κ2) is 8.64. The number of carbonyl (C=O) groups is 1. The lowest BCUT2D eigenvalue weighted by Crippen LogP contribution is -2.41. The minimum absolute atomic E-state index is 0.198. The van der Waals surface area contributed by atoms with E-state index in [1.807, 2.05) is 36.1 Å². The molecule has 1 saturated heterocycles. The average Bonchev–Trinajstić information content (AvgIpc) is 2.54. The topological polar surface area (TPSA) is 50.8 Å². The molecule has 0 atom stereocenters. The van der Waals surface area contributed by atoms with Crippen molar-refractivity contribution >= 4 is 5.91 Å². The Labute approximate surface area is 126 Å². The minimum atomic E-state index is 0.198. The molecular weight excluding hydrogens is 268 g/mol. The molecule has 1 aromatic rings. The van der Waals surface area contributed by atoms with Crippen LogP contribution < -0.4 is 10.1 Å². The maximum atomic E-state index is 12.0. The number of morpholine rings is 1. The quantitative estimate of drug-likeness (QED) is 0.772. The summed E-state index contributed by atoms with van der Waals surface area (Å²) in [6, 6.07) is 7.98. The van der Waals surface area contributed by atoms with E-state index in [-0.39, 0.29) is 5.91 Å². The number of benzene rings is 1. The first-order valence-electron chi connectivity index (χ1n) is 7.58. The van der Waals surface area contributed by atoms with Gasteiger partial charge in [-0.3, -0.25) is 4.79 Å². The lowest BCUT2D eigenvalue weighted by Gasteiger charge is -2.26. The summed E-state index contributed by atoms with van der Waals surface area (Å²) in [5, 5.41) is 3.31. The van der Waals surface area contributed by atoms with Gasteiger partial charge in [0.05, 0.1) is 19.8 Å². The van der Waals surface area contributed by atoms with E-state index in [9.17, 15) is 4.79 Å². The van der Waals surface area contributed by atoms with Gasteiger partial charge >= 0.3 is 0 Å². The molecule has 5 nitrogen and oxygen atoms in total. The summed E-state index contributed by atoms with van der Waals surface area (Å²) < 4.78 is 10.8. The van der Waals surface area contributed by atoms with Crippen LogP contribution in [-0.2, 0) is 16.1 Å². The van der Waals surface area contributed by atoms with Crippen molar-refractivity contribution in [3.63, 3.8) is 0 Å². The van der Waals surface area contributed by atoms with E-state index in [2.05, 4.69) is 5.32 Å². The van der Waals surface area contributed by atoms with E-state index >= 15 is 0 Å². The van der Waals surface area contributed by atoms with Gasteiger partial charge in [0.1, 0.15) is 5.75 Å². The lowest BCUT2D eigenvalue weighted by molar-refractivity contribution is -0.135. The van der Waals surface area contributed by atoms with Crippen LogP contribution in [0.1, 0.15) is 18.9 Å². The summed E-state index contributed by atoms with van der Waals surface area (Å²) in [5.74, 6) is 1.11. The van der Waals surface area contributed by atoms with Crippen molar-refractivity contribution in [1.82, 2.24) is 10.2 Å². The molecule has 0 bridgehead atoms. The second-order valence-electron chi connectivity index (χ2n) is 4.96. The molecule has 0 radical (unpaired) electrons. The van der Waals surface area contributed by atoms with Crippen molar-refractivity contribution in [2.45, 2.75) is 19.9 Å². The molecule has 0 aliphatic carbocycles. The average molecular weight is 292 g/mol. The van der Waals surface area contributed by atoms with E-state index in [1.165, 1.54) is 0 Å². The molecule has 21 heavy (non-hydrogen) atoms. The summed E-state index contributed by atoms with van der Waals surface area (Å²) in [6.45, 7) is 6.76. The van der Waals surface area contributed by atoms with Crippen LogP contribution in [0.5, 0.6) is 5.75 Å². The fourth-order valence-electron chi connectivity index (χ4n) is 2.34. The minimum Gasteiger partial charge on any atom is -0.494 e. The van der Waals surface area contributed by atoms with E-state index < -0.39 is 0 Å². The number of carbonyl (C=O) groups excluding carboxylic acids is 1. The highest BCUT2D eigenvalue weighted by Crippen LogP contribution is 2.17. The highest BCUT2D eigenvalue weighted by atomic mass is 16.5. The third-order valence-electron chi connectivity index (χ3n) is 3.47. The van der Waals surface area contributed by atoms with Crippen LogP contribution in [0, 0.1) is 0 Å². The van der Waals surface area contributed by atoms with Gasteiger partial charge in [-0.05, 0) is 13.0 Å². The Bertz CT molecular complexity index is 445. The van der Waals surface area contributed by atoms with Crippen LogP contribution in [0.25, 0.3) is 0 Å². The molecule has 1 aromatic carbocycles. The standard InChI is InChI=1S/C16H24N2O3/c1-2-21-15-6-4-3-5-14(15)13-17-8-7-16(19)18-9-11-20-12-10-18/h3-6,17H,2,7-13H2,1H3. The molecule has 116 valence electrons. The van der Waals surface area contributed by atoms with Crippen LogP contribution in [0.4, 0.5) is 0 Å². The highest BCUT2D eigenvalue weighted by molar-refractivity contribution is 5.76. The van der Waals surface area contributed by atoms with Gasteiger partial charge < -0.3 is 19.7 Å². The van der Waals surface area contributed by atoms with Crippen molar-refractivity contribution in [2.24, 2.45) is 0 Å². The Morgan fingerprint density at radius 1 is 1.33 bits per heavy atom. The second-order valence-corrected chi connectivity index (χ2v) is 4.96. The lowest BCUT2D eigenvalue weighted by atomic mass is 10.2. The van der Waals surface area contributed by atoms with Gasteiger partial charge in [0, 0.05) is 38.2 Å². The van der Waals surface area contributed by atoms with Crippen molar-refractivity contribution in [1.29, 1.82) is 0 Å². The Morgan fingerprint density at radius 2 is 2.10 bits per heavy atom. The summed E-state index contributed by atoms with van der Waals surface area (Å²) in [6.07, 6.45) is 0.525. The van der Waals surface area contributed by atoms with E-state index in [0.29, 0.717) is 52.4 Å². The van der Waals surface area contributed by atoms with Crippen LogP contribution in [-0.4, -0.2) is 50.3 Å². The van der Waals surface area contributed by atoms with Gasteiger partial charge in [-0.15, -0.1) is 0 Å². The number of nitrogens with one attached hydrogen (secondary N) is 1. The maximum absolute atomic E-state index is 12.0. The first-order chi connectivity index (χ1) is 10.3. The maximum Gasteiger partial charge on any atom is 0.224 e. The van der Waals surface area contributed by atoms with Gasteiger partial charge in [-0.2, -0.15) is 0 Å². The summed E-state index contributed by atoms with van der Waals surface area (Å²) >= 11 is 0. The fourth-order valence-corrected chi connectivity index (χ4v) is 2.34. The molecule has 1 aliphatic heterocycles. The molecule has 0 spiro atoms. The van der Waals surface area contributed by atoms with Gasteiger partial charge in [-0.1, -0.05) is 18.2 Å². The number of nitrogens with zero attached hydrogens (tertiary/aromatic N) is 1. The highest BCUT2D eigenvalue weighted by Gasteiger charge is 2.15. The molecule has 0 saturated carbocycles. The van der Waals surface area contributed by atoms with Crippen molar-refractivity contribution < 1.29 is 14.3 Å². The Balaban J connectivity index is 1.70. The molecular formula is C16H24N2O3. The zero-order valence-corrected chi connectivity index (χ0v) is 12.6. The van der Waals surface area contributed by atoms with E-state index in [4.69, 9.17) is 9.47 Å². The fraction of sp³-hybridized carbons (Fsp3) is 0.562. The van der Waals surface area contributed by atoms with Crippen LogP contribution >= 0.6 is 0 Å². The molecule has 1 amide bonds. The number of hydrogen-bond acceptors (Lipinski definition) is 4. The zero-order valence-electron chi connectivity index (χ0n) is 12.6. The smallest absolute Gasteiger partial charge is 0.224 e. The van der Waals surface area contributed by atoms with Gasteiger partial charge in [-0.25, -0.2) is 0 Å². The third-order valence-corrected chi connectivity index (χ3v) is 3.47. The Kier molecular flexibility index (Phi) is 6.50. The first kappa shape index (κ1) is 15.8. The predicted molar refractivity (Wildman–Crippen MR) is 81.3 cm³/mol. The SMILES string of the molecule is CCOc1ccccc1CNCCC(=O)N1CCOCC1. The zero-order chi connectivity index (χ0) is 14.9. The third kappa shape index (κ3) is 5.02. The van der Waals surface area contributed by atoms with Gasteiger partial charge in [0.2, 0.25) is 5.91 Å². The van der Waals surface area contributed by atoms with E-state index in [1.54, 1.807) is 0 Å². The van der Waals surface area contributed by atoms with Crippen molar-refractivity contribution in [3.05, 3.63) is 29.8 Å². The van der Waals surface area contributed by atoms with Crippen LogP contribution in [0.3, 0.4) is 0 Å². The molecule has 1 fully saturated rings. The summed E-state index contributed by atoms with van der Waals surface area (Å²) in [7, 11) is 0. The van der Waals surface area contributed by atoms with Crippen molar-refractivity contribution in [2.75, 3.05) is 39.5 Å². The predicted octanol–water partition coefficient (Wildman–Crippen LogP) is 1.42. The van der Waals surface area contributed by atoms with Crippen molar-refractivity contribution in [3.8, 4) is 5.75 Å². The van der Waals surface area contributed by atoms with Crippen LogP contribution in [0.15, 0.2) is 24.3 Å². The number of ether oxygens (including phenoxy) is 2. The summed E-state index contributed by atoms with van der Waals surface area (Å²) in [4.78, 5) is 13.9. The molecule has 0 aromatic heterocycles. The molecule has 0 unspecified atom stereocenters.